The van der Waals surface area contributed by atoms with Gasteiger partial charge in [0.05, 0.1) is 5.69 Å². The van der Waals surface area contributed by atoms with Gasteiger partial charge < -0.3 is 9.77 Å². The van der Waals surface area contributed by atoms with Crippen LogP contribution in [0.2, 0.25) is 0 Å². The maximum absolute atomic E-state index is 13.3. The van der Waals surface area contributed by atoms with E-state index in [0.717, 1.165) is 15.6 Å². The van der Waals surface area contributed by atoms with Crippen LogP contribution in [0.3, 0.4) is 0 Å². The Morgan fingerprint density at radius 1 is 1.48 bits per heavy atom. The van der Waals surface area contributed by atoms with E-state index in [4.69, 9.17) is 5.21 Å². The van der Waals surface area contributed by atoms with E-state index in [1.807, 2.05) is 17.6 Å². The van der Waals surface area contributed by atoms with Gasteiger partial charge in [-0.05, 0) is 31.0 Å². The highest BCUT2D eigenvalue weighted by Gasteiger charge is 2.19. The highest BCUT2D eigenvalue weighted by Crippen LogP contribution is 2.34. The lowest BCUT2D eigenvalue weighted by Crippen LogP contribution is -2.02. The van der Waals surface area contributed by atoms with Gasteiger partial charge in [0.2, 0.25) is 0 Å². The second-order valence-corrected chi connectivity index (χ2v) is 5.93. The lowest BCUT2D eigenvalue weighted by atomic mass is 10.1. The fourth-order valence-electron chi connectivity index (χ4n) is 2.06. The minimum Gasteiger partial charge on any atom is -0.411 e. The van der Waals surface area contributed by atoms with E-state index >= 15 is 0 Å². The van der Waals surface area contributed by atoms with E-state index in [0.29, 0.717) is 12.4 Å². The zero-order chi connectivity index (χ0) is 15.4. The molecule has 21 heavy (non-hydrogen) atoms. The molecule has 0 aliphatic heterocycles. The topological polar surface area (TPSA) is 50.4 Å². The predicted octanol–water partition coefficient (Wildman–Crippen LogP) is 4.12. The SMILES string of the molecule is CCn1c(/C=N/O)nc(C(C)C)c1Sc1cccc(F)c1. The van der Waals surface area contributed by atoms with Crippen LogP contribution in [0, 0.1) is 5.82 Å². The molecule has 1 aromatic heterocycles. The molecule has 1 aromatic carbocycles. The average molecular weight is 307 g/mol. The summed E-state index contributed by atoms with van der Waals surface area (Å²) in [4.78, 5) is 5.35. The van der Waals surface area contributed by atoms with Crippen molar-refractivity contribution in [2.75, 3.05) is 0 Å². The monoisotopic (exact) mass is 307 g/mol. The highest BCUT2D eigenvalue weighted by atomic mass is 32.2. The molecule has 1 N–H and O–H groups in total. The maximum Gasteiger partial charge on any atom is 0.155 e. The van der Waals surface area contributed by atoms with Crippen molar-refractivity contribution in [2.45, 2.75) is 43.2 Å². The number of halogens is 1. The van der Waals surface area contributed by atoms with Crippen LogP contribution in [0.1, 0.15) is 38.2 Å². The van der Waals surface area contributed by atoms with Crippen molar-refractivity contribution < 1.29 is 9.60 Å². The summed E-state index contributed by atoms with van der Waals surface area (Å²) < 4.78 is 15.3. The van der Waals surface area contributed by atoms with E-state index in [-0.39, 0.29) is 11.7 Å². The van der Waals surface area contributed by atoms with Crippen LogP contribution in [-0.4, -0.2) is 21.0 Å². The number of oxime groups is 1. The molecule has 4 nitrogen and oxygen atoms in total. The van der Waals surface area contributed by atoms with Crippen molar-refractivity contribution in [3.8, 4) is 0 Å². The van der Waals surface area contributed by atoms with E-state index in [1.54, 1.807) is 6.07 Å². The molecule has 6 heteroatoms. The van der Waals surface area contributed by atoms with Gasteiger partial charge in [0.25, 0.3) is 0 Å². The van der Waals surface area contributed by atoms with Crippen LogP contribution in [0.15, 0.2) is 39.3 Å². The molecule has 0 aliphatic carbocycles. The molecule has 0 atom stereocenters. The summed E-state index contributed by atoms with van der Waals surface area (Å²) in [5.74, 6) is 0.563. The van der Waals surface area contributed by atoms with Crippen LogP contribution in [0.25, 0.3) is 0 Å². The zero-order valence-electron chi connectivity index (χ0n) is 12.2. The molecular weight excluding hydrogens is 289 g/mol. The Hall–Kier alpha value is -1.82. The summed E-state index contributed by atoms with van der Waals surface area (Å²) in [6.07, 6.45) is 1.32. The fourth-order valence-corrected chi connectivity index (χ4v) is 3.32. The largest absolute Gasteiger partial charge is 0.411 e. The van der Waals surface area contributed by atoms with E-state index < -0.39 is 0 Å². The summed E-state index contributed by atoms with van der Waals surface area (Å²) >= 11 is 1.47. The Labute approximate surface area is 127 Å². The van der Waals surface area contributed by atoms with Gasteiger partial charge in [0.15, 0.2) is 5.82 Å². The second kappa shape index (κ2) is 6.76. The molecular formula is C15H18FN3OS. The molecule has 2 aromatic rings. The first kappa shape index (κ1) is 15.6. The molecule has 0 bridgehead atoms. The van der Waals surface area contributed by atoms with E-state index in [2.05, 4.69) is 24.0 Å². The van der Waals surface area contributed by atoms with Crippen LogP contribution >= 0.6 is 11.8 Å². The van der Waals surface area contributed by atoms with Gasteiger partial charge in [-0.15, -0.1) is 0 Å². The quantitative estimate of drug-likeness (QED) is 0.513. The maximum atomic E-state index is 13.3. The lowest BCUT2D eigenvalue weighted by Gasteiger charge is -2.10. The van der Waals surface area contributed by atoms with Crippen LogP contribution < -0.4 is 0 Å². The van der Waals surface area contributed by atoms with E-state index in [9.17, 15) is 4.39 Å². The number of benzene rings is 1. The van der Waals surface area contributed by atoms with Crippen molar-refractivity contribution in [2.24, 2.45) is 5.16 Å². The first-order valence-corrected chi connectivity index (χ1v) is 7.59. The molecule has 0 aliphatic rings. The molecule has 0 saturated carbocycles. The smallest absolute Gasteiger partial charge is 0.155 e. The number of rotatable bonds is 5. The highest BCUT2D eigenvalue weighted by molar-refractivity contribution is 7.99. The Balaban J connectivity index is 2.49. The van der Waals surface area contributed by atoms with Gasteiger partial charge in [-0.1, -0.05) is 36.8 Å². The van der Waals surface area contributed by atoms with Crippen LogP contribution in [0.5, 0.6) is 0 Å². The summed E-state index contributed by atoms with van der Waals surface area (Å²) in [7, 11) is 0. The molecule has 2 rings (SSSR count). The summed E-state index contributed by atoms with van der Waals surface area (Å²) in [6, 6.07) is 6.48. The van der Waals surface area contributed by atoms with Gasteiger partial charge >= 0.3 is 0 Å². The Morgan fingerprint density at radius 2 is 2.24 bits per heavy atom. The number of hydrogen-bond donors (Lipinski definition) is 1. The molecule has 0 saturated heterocycles. The summed E-state index contributed by atoms with van der Waals surface area (Å²) in [6.45, 7) is 6.80. The van der Waals surface area contributed by atoms with Gasteiger partial charge in [-0.25, -0.2) is 9.37 Å². The van der Waals surface area contributed by atoms with Crippen molar-refractivity contribution in [3.05, 3.63) is 41.6 Å². The molecule has 1 heterocycles. The molecule has 0 spiro atoms. The first-order valence-electron chi connectivity index (χ1n) is 6.78. The van der Waals surface area contributed by atoms with Crippen molar-refractivity contribution in [1.29, 1.82) is 0 Å². The Bertz CT molecular complexity index is 652. The third-order valence-corrected chi connectivity index (χ3v) is 4.14. The van der Waals surface area contributed by atoms with Gasteiger partial charge in [0, 0.05) is 11.4 Å². The van der Waals surface area contributed by atoms with Gasteiger partial charge in [-0.2, -0.15) is 0 Å². The van der Waals surface area contributed by atoms with Crippen molar-refractivity contribution >= 4 is 18.0 Å². The minimum absolute atomic E-state index is 0.222. The van der Waals surface area contributed by atoms with Crippen LogP contribution in [-0.2, 0) is 6.54 Å². The van der Waals surface area contributed by atoms with Crippen LogP contribution in [0.4, 0.5) is 4.39 Å². The molecule has 0 radical (unpaired) electrons. The van der Waals surface area contributed by atoms with Gasteiger partial charge in [-0.3, -0.25) is 0 Å². The van der Waals surface area contributed by atoms with Crippen molar-refractivity contribution in [1.82, 2.24) is 9.55 Å². The number of aromatic nitrogens is 2. The number of hydrogen-bond acceptors (Lipinski definition) is 4. The minimum atomic E-state index is -0.259. The molecule has 0 amide bonds. The fraction of sp³-hybridized carbons (Fsp3) is 0.333. The Morgan fingerprint density at radius 3 is 2.81 bits per heavy atom. The molecule has 112 valence electrons. The van der Waals surface area contributed by atoms with Crippen molar-refractivity contribution in [3.63, 3.8) is 0 Å². The van der Waals surface area contributed by atoms with E-state index in [1.165, 1.54) is 30.1 Å². The number of imidazole rings is 1. The third kappa shape index (κ3) is 3.44. The predicted molar refractivity (Wildman–Crippen MR) is 81.9 cm³/mol. The average Bonchev–Trinajstić information content (AvgIpc) is 2.77. The first-order chi connectivity index (χ1) is 10.1. The second-order valence-electron chi connectivity index (χ2n) is 4.86. The standard InChI is InChI=1S/C15H18FN3OS/c1-4-19-13(9-17-20)18-14(10(2)3)15(19)21-12-7-5-6-11(16)8-12/h5-10,20H,4H2,1-3H3/b17-9+. The lowest BCUT2D eigenvalue weighted by molar-refractivity contribution is 0.321. The summed E-state index contributed by atoms with van der Waals surface area (Å²) in [5.41, 5.74) is 0.918. The zero-order valence-corrected chi connectivity index (χ0v) is 13.1. The molecule has 0 fully saturated rings. The van der Waals surface area contributed by atoms with Gasteiger partial charge in [0.1, 0.15) is 17.1 Å². The summed E-state index contributed by atoms with van der Waals surface area (Å²) in [5, 5.41) is 12.8. The third-order valence-electron chi connectivity index (χ3n) is 3.02. The number of nitrogens with zero attached hydrogens (tertiary/aromatic N) is 3. The Kier molecular flexibility index (Phi) is 5.01. The normalized spacial score (nSPS) is 11.7. The molecule has 0 unspecified atom stereocenters.